The van der Waals surface area contributed by atoms with Gasteiger partial charge in [0.15, 0.2) is 0 Å². The van der Waals surface area contributed by atoms with E-state index in [0.717, 1.165) is 30.8 Å². The summed E-state index contributed by atoms with van der Waals surface area (Å²) < 4.78 is 13.3. The van der Waals surface area contributed by atoms with Crippen molar-refractivity contribution in [3.63, 3.8) is 0 Å². The monoisotopic (exact) mass is 271 g/mol. The van der Waals surface area contributed by atoms with Crippen LogP contribution in [0.25, 0.3) is 0 Å². The molecule has 0 amide bonds. The molecule has 104 valence electrons. The minimum absolute atomic E-state index is 0.131. The fourth-order valence-electron chi connectivity index (χ4n) is 2.83. The Morgan fingerprint density at radius 2 is 2.20 bits per heavy atom. The number of nitrogens with zero attached hydrogens (tertiary/aromatic N) is 2. The minimum atomic E-state index is -0.286. The van der Waals surface area contributed by atoms with Crippen LogP contribution in [0.3, 0.4) is 0 Å². The topological polar surface area (TPSA) is 42.2 Å². The molecule has 1 aromatic heterocycles. The van der Waals surface area contributed by atoms with Gasteiger partial charge in [-0.15, -0.1) is 0 Å². The molecule has 0 saturated carbocycles. The van der Waals surface area contributed by atoms with Crippen LogP contribution in [-0.4, -0.2) is 16.4 Å². The van der Waals surface area contributed by atoms with Gasteiger partial charge in [-0.25, -0.2) is 4.39 Å². The van der Waals surface area contributed by atoms with E-state index >= 15 is 0 Å². The summed E-state index contributed by atoms with van der Waals surface area (Å²) in [6.45, 7) is 3.84. The maximum atomic E-state index is 13.3. The van der Waals surface area contributed by atoms with Crippen LogP contribution in [-0.2, 0) is 13.0 Å². The standard InChI is InChI=1S/C16H18FN3/c1-11(13-7-14(17)9-19-8-13)20-6-5-12-3-2-4-16(18)15(12)10-20/h2-4,7-9,11H,5-6,10,18H2,1H3. The lowest BCUT2D eigenvalue weighted by molar-refractivity contribution is 0.192. The molecule has 1 aliphatic rings. The molecule has 0 fully saturated rings. The van der Waals surface area contributed by atoms with E-state index in [4.69, 9.17) is 5.73 Å². The predicted molar refractivity (Wildman–Crippen MR) is 77.6 cm³/mol. The molecule has 1 aromatic carbocycles. The second-order valence-electron chi connectivity index (χ2n) is 5.32. The molecule has 0 saturated heterocycles. The van der Waals surface area contributed by atoms with E-state index in [9.17, 15) is 4.39 Å². The molecule has 0 radical (unpaired) electrons. The van der Waals surface area contributed by atoms with E-state index in [1.54, 1.807) is 12.3 Å². The van der Waals surface area contributed by atoms with Gasteiger partial charge in [0.05, 0.1) is 6.20 Å². The van der Waals surface area contributed by atoms with Gasteiger partial charge in [-0.2, -0.15) is 0 Å². The van der Waals surface area contributed by atoms with Crippen molar-refractivity contribution in [2.75, 3.05) is 12.3 Å². The molecule has 3 nitrogen and oxygen atoms in total. The van der Waals surface area contributed by atoms with Gasteiger partial charge in [0, 0.05) is 31.0 Å². The first-order valence-electron chi connectivity index (χ1n) is 6.86. The number of anilines is 1. The van der Waals surface area contributed by atoms with E-state index in [1.807, 2.05) is 12.1 Å². The molecular formula is C16H18FN3. The normalized spacial score (nSPS) is 16.7. The molecule has 2 N–H and O–H groups in total. The Hall–Kier alpha value is -1.94. The summed E-state index contributed by atoms with van der Waals surface area (Å²) in [6, 6.07) is 7.77. The molecule has 20 heavy (non-hydrogen) atoms. The van der Waals surface area contributed by atoms with Crippen LogP contribution < -0.4 is 5.73 Å². The highest BCUT2D eigenvalue weighted by Crippen LogP contribution is 2.30. The van der Waals surface area contributed by atoms with Gasteiger partial charge in [-0.05, 0) is 42.2 Å². The van der Waals surface area contributed by atoms with Gasteiger partial charge >= 0.3 is 0 Å². The number of nitrogens with two attached hydrogens (primary N) is 1. The average Bonchev–Trinajstić information content (AvgIpc) is 2.47. The zero-order valence-electron chi connectivity index (χ0n) is 11.5. The highest BCUT2D eigenvalue weighted by atomic mass is 19.1. The third-order valence-corrected chi connectivity index (χ3v) is 4.09. The van der Waals surface area contributed by atoms with Gasteiger partial charge in [0.2, 0.25) is 0 Å². The zero-order valence-corrected chi connectivity index (χ0v) is 11.5. The summed E-state index contributed by atoms with van der Waals surface area (Å²) in [7, 11) is 0. The van der Waals surface area contributed by atoms with Crippen LogP contribution in [0, 0.1) is 5.82 Å². The summed E-state index contributed by atoms with van der Waals surface area (Å²) in [4.78, 5) is 6.25. The summed E-state index contributed by atoms with van der Waals surface area (Å²) in [5.74, 6) is -0.286. The number of hydrogen-bond donors (Lipinski definition) is 1. The first kappa shape index (κ1) is 13.1. The molecule has 3 rings (SSSR count). The SMILES string of the molecule is CC(c1cncc(F)c1)N1CCc2cccc(N)c2C1. The Balaban J connectivity index is 1.85. The molecule has 1 atom stereocenters. The smallest absolute Gasteiger partial charge is 0.141 e. The number of hydrogen-bond acceptors (Lipinski definition) is 3. The van der Waals surface area contributed by atoms with Crippen LogP contribution in [0.2, 0.25) is 0 Å². The molecule has 4 heteroatoms. The number of benzene rings is 1. The minimum Gasteiger partial charge on any atom is -0.398 e. The molecule has 0 bridgehead atoms. The maximum absolute atomic E-state index is 13.3. The highest BCUT2D eigenvalue weighted by molar-refractivity contribution is 5.51. The quantitative estimate of drug-likeness (QED) is 0.854. The van der Waals surface area contributed by atoms with Crippen LogP contribution in [0.1, 0.15) is 29.7 Å². The largest absolute Gasteiger partial charge is 0.398 e. The van der Waals surface area contributed by atoms with Gasteiger partial charge in [0.25, 0.3) is 0 Å². The lowest BCUT2D eigenvalue weighted by Crippen LogP contribution is -2.33. The van der Waals surface area contributed by atoms with Crippen LogP contribution in [0.4, 0.5) is 10.1 Å². The number of halogens is 1. The van der Waals surface area contributed by atoms with E-state index in [1.165, 1.54) is 17.3 Å². The third kappa shape index (κ3) is 2.39. The Bertz CT molecular complexity index is 627. The van der Waals surface area contributed by atoms with Crippen molar-refractivity contribution in [2.45, 2.75) is 25.9 Å². The summed E-state index contributed by atoms with van der Waals surface area (Å²) in [6.07, 6.45) is 3.95. The van der Waals surface area contributed by atoms with Crippen LogP contribution >= 0.6 is 0 Å². The van der Waals surface area contributed by atoms with Gasteiger partial charge in [0.1, 0.15) is 5.82 Å². The number of pyridine rings is 1. The second-order valence-corrected chi connectivity index (χ2v) is 5.32. The van der Waals surface area contributed by atoms with Gasteiger partial charge < -0.3 is 5.73 Å². The van der Waals surface area contributed by atoms with E-state index < -0.39 is 0 Å². The third-order valence-electron chi connectivity index (χ3n) is 4.09. The fourth-order valence-corrected chi connectivity index (χ4v) is 2.83. The lowest BCUT2D eigenvalue weighted by atomic mass is 9.96. The van der Waals surface area contributed by atoms with Crippen molar-refractivity contribution in [3.8, 4) is 0 Å². The number of fused-ring (bicyclic) bond motifs is 1. The van der Waals surface area contributed by atoms with Gasteiger partial charge in [-0.3, -0.25) is 9.88 Å². The average molecular weight is 271 g/mol. The summed E-state index contributed by atoms with van der Waals surface area (Å²) in [5, 5.41) is 0. The Morgan fingerprint density at radius 1 is 1.35 bits per heavy atom. The number of nitrogen functional groups attached to an aromatic ring is 1. The van der Waals surface area contributed by atoms with Gasteiger partial charge in [-0.1, -0.05) is 12.1 Å². The van der Waals surface area contributed by atoms with Crippen molar-refractivity contribution in [1.29, 1.82) is 0 Å². The molecular weight excluding hydrogens is 253 g/mol. The van der Waals surface area contributed by atoms with Crippen LogP contribution in [0.15, 0.2) is 36.7 Å². The first-order valence-corrected chi connectivity index (χ1v) is 6.86. The predicted octanol–water partition coefficient (Wildman–Crippen LogP) is 2.92. The van der Waals surface area contributed by atoms with Crippen LogP contribution in [0.5, 0.6) is 0 Å². The molecule has 0 spiro atoms. The molecule has 2 heterocycles. The summed E-state index contributed by atoms with van der Waals surface area (Å²) >= 11 is 0. The number of rotatable bonds is 2. The molecule has 1 unspecified atom stereocenters. The van der Waals surface area contributed by atoms with Crippen molar-refractivity contribution in [3.05, 3.63) is 59.2 Å². The maximum Gasteiger partial charge on any atom is 0.141 e. The van der Waals surface area contributed by atoms with Crippen molar-refractivity contribution in [2.24, 2.45) is 0 Å². The summed E-state index contributed by atoms with van der Waals surface area (Å²) in [5.41, 5.74) is 10.3. The molecule has 0 aliphatic carbocycles. The Labute approximate surface area is 118 Å². The Morgan fingerprint density at radius 3 is 3.00 bits per heavy atom. The van der Waals surface area contributed by atoms with E-state index in [0.29, 0.717) is 0 Å². The lowest BCUT2D eigenvalue weighted by Gasteiger charge is -2.34. The van der Waals surface area contributed by atoms with E-state index in [2.05, 4.69) is 22.9 Å². The molecule has 2 aromatic rings. The second kappa shape index (κ2) is 5.21. The van der Waals surface area contributed by atoms with E-state index in [-0.39, 0.29) is 11.9 Å². The fraction of sp³-hybridized carbons (Fsp3) is 0.312. The Kier molecular flexibility index (Phi) is 3.40. The van der Waals surface area contributed by atoms with Crippen molar-refractivity contribution >= 4 is 5.69 Å². The highest BCUT2D eigenvalue weighted by Gasteiger charge is 2.23. The van der Waals surface area contributed by atoms with Crippen molar-refractivity contribution < 1.29 is 4.39 Å². The number of aromatic nitrogens is 1. The van der Waals surface area contributed by atoms with Crippen molar-refractivity contribution in [1.82, 2.24) is 9.88 Å². The first-order chi connectivity index (χ1) is 9.65. The molecule has 1 aliphatic heterocycles. The zero-order chi connectivity index (χ0) is 14.1.